The molecule has 4 heteroatoms. The first-order valence-electron chi connectivity index (χ1n) is 7.74. The molecule has 0 aliphatic heterocycles. The van der Waals surface area contributed by atoms with Crippen molar-refractivity contribution >= 4 is 16.9 Å². The number of hydrogen-bond acceptors (Lipinski definition) is 3. The second-order valence-corrected chi connectivity index (χ2v) is 6.17. The summed E-state index contributed by atoms with van der Waals surface area (Å²) in [4.78, 5) is 24.4. The Labute approximate surface area is 140 Å². The third-order valence-electron chi connectivity index (χ3n) is 4.63. The van der Waals surface area contributed by atoms with Gasteiger partial charge in [-0.1, -0.05) is 24.3 Å². The van der Waals surface area contributed by atoms with Gasteiger partial charge in [0.1, 0.15) is 0 Å². The first-order valence-corrected chi connectivity index (χ1v) is 7.74. The van der Waals surface area contributed by atoms with Gasteiger partial charge in [0.2, 0.25) is 0 Å². The van der Waals surface area contributed by atoms with E-state index in [1.807, 2.05) is 57.2 Å². The zero-order valence-electron chi connectivity index (χ0n) is 14.1. The van der Waals surface area contributed by atoms with E-state index in [0.29, 0.717) is 11.1 Å². The molecule has 1 aromatic heterocycles. The number of carboxylic acid groups (broad SMARTS) is 1. The minimum absolute atomic E-state index is 0.289. The predicted molar refractivity (Wildman–Crippen MR) is 93.2 cm³/mol. The molecule has 3 rings (SSSR count). The molecule has 0 aliphatic carbocycles. The standard InChI is InChI=1S/C20H19NO3/c1-11-7-5-6-8-14(11)17-15-9-12(2)13(3)10-16(15)21(4)19(22)18(17)20(23)24/h5-10H,1-4H3,(H,23,24)/p-1. The monoisotopic (exact) mass is 320 g/mol. The van der Waals surface area contributed by atoms with E-state index in [4.69, 9.17) is 0 Å². The van der Waals surface area contributed by atoms with Crippen molar-refractivity contribution in [1.82, 2.24) is 4.57 Å². The molecule has 0 fully saturated rings. The Morgan fingerprint density at radius 3 is 2.25 bits per heavy atom. The van der Waals surface area contributed by atoms with Crippen LogP contribution in [0.3, 0.4) is 0 Å². The highest BCUT2D eigenvalue weighted by atomic mass is 16.4. The Hall–Kier alpha value is -2.88. The lowest BCUT2D eigenvalue weighted by Gasteiger charge is -2.19. The van der Waals surface area contributed by atoms with Crippen LogP contribution in [0.1, 0.15) is 27.0 Å². The molecule has 0 atom stereocenters. The lowest BCUT2D eigenvalue weighted by atomic mass is 9.91. The van der Waals surface area contributed by atoms with Crippen LogP contribution in [-0.2, 0) is 7.05 Å². The first kappa shape index (κ1) is 16.0. The molecule has 0 bridgehead atoms. The molecule has 24 heavy (non-hydrogen) atoms. The van der Waals surface area contributed by atoms with Crippen LogP contribution in [0, 0.1) is 20.8 Å². The van der Waals surface area contributed by atoms with Crippen LogP contribution in [-0.4, -0.2) is 10.5 Å². The molecule has 0 radical (unpaired) electrons. The van der Waals surface area contributed by atoms with Crippen LogP contribution in [0.2, 0.25) is 0 Å². The number of aromatic nitrogens is 1. The summed E-state index contributed by atoms with van der Waals surface area (Å²) >= 11 is 0. The summed E-state index contributed by atoms with van der Waals surface area (Å²) in [6, 6.07) is 11.3. The molecule has 2 aromatic carbocycles. The Kier molecular flexibility index (Phi) is 3.76. The van der Waals surface area contributed by atoms with Crippen LogP contribution < -0.4 is 10.7 Å². The number of aromatic carboxylic acids is 1. The summed E-state index contributed by atoms with van der Waals surface area (Å²) in [7, 11) is 1.59. The molecule has 0 saturated heterocycles. The van der Waals surface area contributed by atoms with Crippen molar-refractivity contribution in [3.63, 3.8) is 0 Å². The molecule has 3 aromatic rings. The predicted octanol–water partition coefficient (Wildman–Crippen LogP) is 2.49. The minimum atomic E-state index is -1.45. The molecule has 4 nitrogen and oxygen atoms in total. The number of hydrogen-bond donors (Lipinski definition) is 0. The minimum Gasteiger partial charge on any atom is -0.545 e. The van der Waals surface area contributed by atoms with E-state index < -0.39 is 11.5 Å². The van der Waals surface area contributed by atoms with E-state index >= 15 is 0 Å². The van der Waals surface area contributed by atoms with E-state index in [1.165, 1.54) is 4.57 Å². The van der Waals surface area contributed by atoms with Crippen LogP contribution in [0.15, 0.2) is 41.2 Å². The van der Waals surface area contributed by atoms with Crippen molar-refractivity contribution in [2.24, 2.45) is 7.05 Å². The van der Waals surface area contributed by atoms with Gasteiger partial charge >= 0.3 is 0 Å². The number of benzene rings is 2. The lowest BCUT2D eigenvalue weighted by Crippen LogP contribution is -2.34. The van der Waals surface area contributed by atoms with Gasteiger partial charge in [-0.25, -0.2) is 0 Å². The number of nitrogens with zero attached hydrogens (tertiary/aromatic N) is 1. The summed E-state index contributed by atoms with van der Waals surface area (Å²) in [6.07, 6.45) is 0. The Bertz CT molecular complexity index is 1040. The molecule has 0 aliphatic rings. The van der Waals surface area contributed by atoms with Crippen LogP contribution in [0.25, 0.3) is 22.0 Å². The smallest absolute Gasteiger partial charge is 0.260 e. The summed E-state index contributed by atoms with van der Waals surface area (Å²) < 4.78 is 1.38. The zero-order valence-corrected chi connectivity index (χ0v) is 14.1. The van der Waals surface area contributed by atoms with E-state index in [0.717, 1.165) is 27.6 Å². The van der Waals surface area contributed by atoms with Gasteiger partial charge in [0.15, 0.2) is 0 Å². The van der Waals surface area contributed by atoms with Gasteiger partial charge in [0.05, 0.1) is 17.0 Å². The highest BCUT2D eigenvalue weighted by molar-refractivity contribution is 6.06. The number of carbonyl (C=O) groups is 1. The van der Waals surface area contributed by atoms with Crippen molar-refractivity contribution < 1.29 is 9.90 Å². The second kappa shape index (κ2) is 5.64. The normalized spacial score (nSPS) is 11.0. The highest BCUT2D eigenvalue weighted by Crippen LogP contribution is 2.33. The Balaban J connectivity index is 2.64. The number of pyridine rings is 1. The second-order valence-electron chi connectivity index (χ2n) is 6.17. The zero-order chi connectivity index (χ0) is 17.6. The third-order valence-corrected chi connectivity index (χ3v) is 4.63. The number of aryl methyl sites for hydroxylation is 4. The molecule has 0 N–H and O–H groups in total. The first-order chi connectivity index (χ1) is 11.3. The van der Waals surface area contributed by atoms with Crippen molar-refractivity contribution in [2.45, 2.75) is 20.8 Å². The molecule has 122 valence electrons. The molecule has 0 saturated carbocycles. The lowest BCUT2D eigenvalue weighted by molar-refractivity contribution is -0.255. The third kappa shape index (κ3) is 2.31. The van der Waals surface area contributed by atoms with E-state index in [9.17, 15) is 14.7 Å². The maximum absolute atomic E-state index is 12.7. The molecule has 0 spiro atoms. The summed E-state index contributed by atoms with van der Waals surface area (Å²) in [5.41, 5.74) is 4.05. The fourth-order valence-electron chi connectivity index (χ4n) is 3.12. The quantitative estimate of drug-likeness (QED) is 0.729. The Morgan fingerprint density at radius 2 is 1.62 bits per heavy atom. The molecular weight excluding hydrogens is 302 g/mol. The van der Waals surface area contributed by atoms with E-state index in [1.54, 1.807) is 7.05 Å². The molecule has 1 heterocycles. The molecule has 0 amide bonds. The van der Waals surface area contributed by atoms with Gasteiger partial charge in [-0.15, -0.1) is 0 Å². The van der Waals surface area contributed by atoms with Gasteiger partial charge in [-0.3, -0.25) is 4.79 Å². The maximum atomic E-state index is 12.7. The van der Waals surface area contributed by atoms with Gasteiger partial charge in [-0.05, 0) is 55.2 Å². The average molecular weight is 320 g/mol. The topological polar surface area (TPSA) is 62.1 Å². The largest absolute Gasteiger partial charge is 0.545 e. The van der Waals surface area contributed by atoms with Crippen molar-refractivity contribution in [2.75, 3.05) is 0 Å². The van der Waals surface area contributed by atoms with Crippen molar-refractivity contribution in [3.05, 3.63) is 69.0 Å². The number of carbonyl (C=O) groups excluding carboxylic acids is 1. The molecule has 0 unspecified atom stereocenters. The average Bonchev–Trinajstić information content (AvgIpc) is 2.53. The van der Waals surface area contributed by atoms with Crippen molar-refractivity contribution in [1.29, 1.82) is 0 Å². The van der Waals surface area contributed by atoms with Crippen LogP contribution >= 0.6 is 0 Å². The van der Waals surface area contributed by atoms with E-state index in [2.05, 4.69) is 0 Å². The van der Waals surface area contributed by atoms with Gasteiger partial charge in [0, 0.05) is 18.0 Å². The Morgan fingerprint density at radius 1 is 1.00 bits per heavy atom. The number of fused-ring (bicyclic) bond motifs is 1. The fraction of sp³-hybridized carbons (Fsp3) is 0.200. The van der Waals surface area contributed by atoms with Gasteiger partial charge in [-0.2, -0.15) is 0 Å². The summed E-state index contributed by atoms with van der Waals surface area (Å²) in [5, 5.41) is 12.5. The fourth-order valence-corrected chi connectivity index (χ4v) is 3.12. The highest BCUT2D eigenvalue weighted by Gasteiger charge is 2.19. The van der Waals surface area contributed by atoms with Gasteiger partial charge in [0.25, 0.3) is 5.56 Å². The van der Waals surface area contributed by atoms with Gasteiger partial charge < -0.3 is 14.5 Å². The summed E-state index contributed by atoms with van der Waals surface area (Å²) in [5.74, 6) is -1.45. The summed E-state index contributed by atoms with van der Waals surface area (Å²) in [6.45, 7) is 5.85. The van der Waals surface area contributed by atoms with Crippen molar-refractivity contribution in [3.8, 4) is 11.1 Å². The maximum Gasteiger partial charge on any atom is 0.260 e. The number of carboxylic acids is 1. The van der Waals surface area contributed by atoms with Crippen LogP contribution in [0.5, 0.6) is 0 Å². The van der Waals surface area contributed by atoms with Crippen LogP contribution in [0.4, 0.5) is 0 Å². The number of rotatable bonds is 2. The van der Waals surface area contributed by atoms with E-state index in [-0.39, 0.29) is 5.56 Å². The molecular formula is C20H18NO3-. The SMILES string of the molecule is Cc1cc2c(-c3ccccc3C)c(C(=O)[O-])c(=O)n(C)c2cc1C.